The van der Waals surface area contributed by atoms with E-state index in [-0.39, 0.29) is 5.56 Å². The Kier molecular flexibility index (Phi) is 9.61. The minimum absolute atomic E-state index is 0.281. The fourth-order valence-corrected chi connectivity index (χ4v) is 4.01. The van der Waals surface area contributed by atoms with Crippen LogP contribution in [0.4, 0.5) is 4.39 Å². The average molecular weight is 466 g/mol. The van der Waals surface area contributed by atoms with Crippen molar-refractivity contribution in [3.05, 3.63) is 59.9 Å². The first-order valence-corrected chi connectivity index (χ1v) is 11.8. The number of carbonyl (C=O) groups excluding carboxylic acids is 2. The highest BCUT2D eigenvalue weighted by atomic mass is 32.2. The molecule has 0 aliphatic heterocycles. The number of hydrogen-bond acceptors (Lipinski definition) is 5. The van der Waals surface area contributed by atoms with Crippen LogP contribution in [0.15, 0.2) is 53.4 Å². The second-order valence-electron chi connectivity index (χ2n) is 7.15. The molecule has 2 aromatic carbocycles. The summed E-state index contributed by atoms with van der Waals surface area (Å²) in [5.41, 5.74) is 4.64. The first-order valence-electron chi connectivity index (χ1n) is 10.3. The van der Waals surface area contributed by atoms with Gasteiger partial charge in [0.15, 0.2) is 0 Å². The summed E-state index contributed by atoms with van der Waals surface area (Å²) in [4.78, 5) is 23.8. The van der Waals surface area contributed by atoms with E-state index in [2.05, 4.69) is 22.5 Å². The molecule has 0 heterocycles. The van der Waals surface area contributed by atoms with Gasteiger partial charge in [-0.3, -0.25) is 20.4 Å². The molecule has 2 amide bonds. The van der Waals surface area contributed by atoms with Crippen molar-refractivity contribution in [3.8, 4) is 5.75 Å². The number of ether oxygens (including phenoxy) is 1. The zero-order chi connectivity index (χ0) is 23.6. The van der Waals surface area contributed by atoms with Gasteiger partial charge in [0.25, 0.3) is 11.8 Å². The van der Waals surface area contributed by atoms with Crippen LogP contribution in [0.2, 0.25) is 0 Å². The summed E-state index contributed by atoms with van der Waals surface area (Å²) in [5, 5.41) is 0. The minimum Gasteiger partial charge on any atom is -0.494 e. The largest absolute Gasteiger partial charge is 0.494 e. The van der Waals surface area contributed by atoms with Crippen molar-refractivity contribution in [1.82, 2.24) is 15.6 Å². The van der Waals surface area contributed by atoms with E-state index in [0.29, 0.717) is 12.4 Å². The normalized spacial score (nSPS) is 12.1. The molecule has 32 heavy (non-hydrogen) atoms. The third-order valence-electron chi connectivity index (χ3n) is 4.53. The van der Waals surface area contributed by atoms with Gasteiger partial charge in [0.05, 0.1) is 12.6 Å². The Labute approximate surface area is 187 Å². The fraction of sp³-hybridized carbons (Fsp3) is 0.364. The van der Waals surface area contributed by atoms with Gasteiger partial charge in [0.2, 0.25) is 10.0 Å². The zero-order valence-electron chi connectivity index (χ0n) is 18.1. The van der Waals surface area contributed by atoms with E-state index >= 15 is 0 Å². The van der Waals surface area contributed by atoms with Gasteiger partial charge in [-0.2, -0.15) is 4.72 Å². The summed E-state index contributed by atoms with van der Waals surface area (Å²) in [6, 6.07) is 9.95. The Hall–Kier alpha value is -2.98. The molecule has 8 nitrogen and oxygen atoms in total. The van der Waals surface area contributed by atoms with Crippen molar-refractivity contribution in [1.29, 1.82) is 0 Å². The van der Waals surface area contributed by atoms with E-state index in [1.54, 1.807) is 24.3 Å². The lowest BCUT2D eigenvalue weighted by atomic mass is 10.2. The second kappa shape index (κ2) is 12.2. The molecule has 0 aromatic heterocycles. The van der Waals surface area contributed by atoms with Gasteiger partial charge in [-0.15, -0.1) is 0 Å². The van der Waals surface area contributed by atoms with Crippen molar-refractivity contribution in [3.63, 3.8) is 0 Å². The van der Waals surface area contributed by atoms with Crippen LogP contribution in [-0.2, 0) is 14.8 Å². The van der Waals surface area contributed by atoms with Crippen LogP contribution >= 0.6 is 0 Å². The predicted octanol–water partition coefficient (Wildman–Crippen LogP) is 2.91. The molecular weight excluding hydrogens is 437 g/mol. The molecule has 0 spiro atoms. The first-order chi connectivity index (χ1) is 15.2. The van der Waals surface area contributed by atoms with Crippen LogP contribution in [0.5, 0.6) is 5.75 Å². The number of nitrogens with one attached hydrogen (secondary N) is 3. The average Bonchev–Trinajstić information content (AvgIpc) is 2.77. The van der Waals surface area contributed by atoms with Crippen LogP contribution < -0.4 is 20.3 Å². The number of rotatable bonds is 11. The Balaban J connectivity index is 1.83. The van der Waals surface area contributed by atoms with E-state index in [1.165, 1.54) is 19.1 Å². The minimum atomic E-state index is -4.26. The van der Waals surface area contributed by atoms with E-state index in [4.69, 9.17) is 4.74 Å². The summed E-state index contributed by atoms with van der Waals surface area (Å²) in [7, 11) is -4.26. The van der Waals surface area contributed by atoms with Crippen LogP contribution in [0, 0.1) is 5.82 Å². The monoisotopic (exact) mass is 465 g/mol. The summed E-state index contributed by atoms with van der Waals surface area (Å²) in [5.74, 6) is -1.70. The summed E-state index contributed by atoms with van der Waals surface area (Å²) in [6.07, 6.45) is 4.38. The molecule has 0 aliphatic rings. The number of unbranched alkanes of at least 4 members (excludes halogenated alkanes) is 3. The number of sulfonamides is 1. The van der Waals surface area contributed by atoms with Gasteiger partial charge in [-0.25, -0.2) is 12.8 Å². The molecule has 174 valence electrons. The molecule has 0 radical (unpaired) electrons. The van der Waals surface area contributed by atoms with E-state index in [9.17, 15) is 22.4 Å². The highest BCUT2D eigenvalue weighted by Crippen LogP contribution is 2.14. The third-order valence-corrected chi connectivity index (χ3v) is 6.11. The van der Waals surface area contributed by atoms with Crippen molar-refractivity contribution < 1.29 is 27.1 Å². The Morgan fingerprint density at radius 2 is 1.69 bits per heavy atom. The molecule has 0 saturated carbocycles. The van der Waals surface area contributed by atoms with Crippen molar-refractivity contribution in [2.24, 2.45) is 0 Å². The molecule has 2 aromatic rings. The Bertz CT molecular complexity index is 1010. The SMILES string of the molecule is CCCCCCOc1ccc(C(=O)NNC(=O)[C@H](C)NS(=O)(=O)c2ccccc2F)cc1. The van der Waals surface area contributed by atoms with E-state index in [0.717, 1.165) is 37.8 Å². The van der Waals surface area contributed by atoms with Crippen LogP contribution in [-0.4, -0.2) is 32.9 Å². The number of benzene rings is 2. The van der Waals surface area contributed by atoms with Gasteiger partial charge < -0.3 is 4.74 Å². The number of carbonyl (C=O) groups is 2. The highest BCUT2D eigenvalue weighted by Gasteiger charge is 2.24. The molecule has 0 aliphatic carbocycles. The van der Waals surface area contributed by atoms with Gasteiger partial charge in [-0.1, -0.05) is 38.3 Å². The maximum Gasteiger partial charge on any atom is 0.269 e. The topological polar surface area (TPSA) is 114 Å². The third kappa shape index (κ3) is 7.61. The van der Waals surface area contributed by atoms with Gasteiger partial charge in [0.1, 0.15) is 16.5 Å². The van der Waals surface area contributed by atoms with Gasteiger partial charge in [-0.05, 0) is 49.7 Å². The number of amides is 2. The standard InChI is InChI=1S/C22H28FN3O5S/c1-3-4-5-8-15-31-18-13-11-17(12-14-18)22(28)25-24-21(27)16(2)26-32(29,30)20-10-7-6-9-19(20)23/h6-7,9-14,16,26H,3-5,8,15H2,1-2H3,(H,24,27)(H,25,28)/t16-/m0/s1. The molecule has 1 atom stereocenters. The Morgan fingerprint density at radius 3 is 2.34 bits per heavy atom. The molecule has 0 bridgehead atoms. The van der Waals surface area contributed by atoms with Crippen molar-refractivity contribution >= 4 is 21.8 Å². The fourth-order valence-electron chi connectivity index (χ4n) is 2.73. The predicted molar refractivity (Wildman–Crippen MR) is 118 cm³/mol. The quantitative estimate of drug-likeness (QED) is 0.349. The number of hydrazine groups is 1. The van der Waals surface area contributed by atoms with Crippen LogP contribution in [0.3, 0.4) is 0 Å². The molecule has 0 fully saturated rings. The molecule has 10 heteroatoms. The van der Waals surface area contributed by atoms with E-state index in [1.807, 2.05) is 0 Å². The maximum atomic E-state index is 13.7. The summed E-state index contributed by atoms with van der Waals surface area (Å²) >= 11 is 0. The smallest absolute Gasteiger partial charge is 0.269 e. The highest BCUT2D eigenvalue weighted by molar-refractivity contribution is 7.89. The van der Waals surface area contributed by atoms with Gasteiger partial charge in [0, 0.05) is 5.56 Å². The molecule has 3 N–H and O–H groups in total. The molecule has 0 saturated heterocycles. The van der Waals surface area contributed by atoms with Crippen molar-refractivity contribution in [2.75, 3.05) is 6.61 Å². The summed E-state index contributed by atoms with van der Waals surface area (Å²) < 4.78 is 45.9. The molecule has 0 unspecified atom stereocenters. The lowest BCUT2D eigenvalue weighted by molar-refractivity contribution is -0.123. The van der Waals surface area contributed by atoms with Crippen LogP contribution in [0.1, 0.15) is 49.9 Å². The second-order valence-corrected chi connectivity index (χ2v) is 8.83. The Morgan fingerprint density at radius 1 is 1.00 bits per heavy atom. The van der Waals surface area contributed by atoms with Crippen molar-refractivity contribution in [2.45, 2.75) is 50.5 Å². The van der Waals surface area contributed by atoms with E-state index < -0.39 is 38.6 Å². The number of halogens is 1. The molecular formula is C22H28FN3O5S. The number of hydrogen-bond donors (Lipinski definition) is 3. The lowest BCUT2D eigenvalue weighted by Crippen LogP contribution is -2.51. The lowest BCUT2D eigenvalue weighted by Gasteiger charge is -2.15. The van der Waals surface area contributed by atoms with Crippen LogP contribution in [0.25, 0.3) is 0 Å². The summed E-state index contributed by atoms with van der Waals surface area (Å²) in [6.45, 7) is 4.01. The molecule has 2 rings (SSSR count). The van der Waals surface area contributed by atoms with Gasteiger partial charge >= 0.3 is 0 Å². The zero-order valence-corrected chi connectivity index (χ0v) is 18.9. The first kappa shape index (κ1) is 25.3. The maximum absolute atomic E-state index is 13.7.